The second kappa shape index (κ2) is 5.44. The molecule has 17 heavy (non-hydrogen) atoms. The number of H-pyrrole nitrogens is 1. The molecular weight excluding hydrogens is 231 g/mol. The molecule has 5 N–H and O–H groups in total. The molecule has 7 heteroatoms. The van der Waals surface area contributed by atoms with Gasteiger partial charge in [-0.05, 0) is 11.1 Å². The van der Waals surface area contributed by atoms with Crippen molar-refractivity contribution >= 4 is 11.9 Å². The average molecular weight is 244 g/mol. The van der Waals surface area contributed by atoms with E-state index in [0.717, 1.165) is 0 Å². The molecule has 94 valence electrons. The first-order chi connectivity index (χ1) is 7.95. The third-order valence-electron chi connectivity index (χ3n) is 2.37. The number of nitrogens with two attached hydrogens (primary N) is 1. The molecule has 0 aromatic carbocycles. The fraction of sp³-hybridized carbons (Fsp3) is 0.400. The lowest BCUT2D eigenvalue weighted by atomic mass is 10.0. The van der Waals surface area contributed by atoms with E-state index in [1.54, 1.807) is 0 Å². The van der Waals surface area contributed by atoms with Crippen molar-refractivity contribution in [1.29, 1.82) is 0 Å². The molecule has 0 fully saturated rings. The van der Waals surface area contributed by atoms with Gasteiger partial charge in [-0.3, -0.25) is 4.79 Å². The van der Waals surface area contributed by atoms with Gasteiger partial charge in [0, 0.05) is 24.9 Å². The van der Waals surface area contributed by atoms with Crippen LogP contribution in [0.25, 0.3) is 0 Å². The highest BCUT2D eigenvalue weighted by atomic mass is 19.1. The molecule has 6 nitrogen and oxygen atoms in total. The van der Waals surface area contributed by atoms with E-state index in [0.29, 0.717) is 16.8 Å². The fourth-order valence-corrected chi connectivity index (χ4v) is 1.56. The van der Waals surface area contributed by atoms with Crippen LogP contribution in [0, 0.1) is 0 Å². The van der Waals surface area contributed by atoms with Crippen LogP contribution < -0.4 is 5.73 Å². The first-order valence-corrected chi connectivity index (χ1v) is 4.92. The van der Waals surface area contributed by atoms with Crippen LogP contribution in [0.1, 0.15) is 16.8 Å². The van der Waals surface area contributed by atoms with Crippen LogP contribution in [0.15, 0.2) is 6.20 Å². The summed E-state index contributed by atoms with van der Waals surface area (Å²) < 4.78 is 13.0. The van der Waals surface area contributed by atoms with Gasteiger partial charge in [0.25, 0.3) is 0 Å². The van der Waals surface area contributed by atoms with Crippen molar-refractivity contribution in [3.8, 4) is 0 Å². The van der Waals surface area contributed by atoms with Crippen molar-refractivity contribution in [2.45, 2.75) is 25.6 Å². The predicted octanol–water partition coefficient (Wildman–Crippen LogP) is 0.0657. The first kappa shape index (κ1) is 13.2. The molecule has 0 saturated carbocycles. The lowest BCUT2D eigenvalue weighted by Crippen LogP contribution is -2.18. The average Bonchev–Trinajstić information content (AvgIpc) is 2.60. The molecule has 1 unspecified atom stereocenters. The topological polar surface area (TPSA) is 116 Å². The number of hydrogen-bond acceptors (Lipinski definition) is 3. The summed E-state index contributed by atoms with van der Waals surface area (Å²) in [7, 11) is 0. The molecule has 1 atom stereocenters. The van der Waals surface area contributed by atoms with Gasteiger partial charge in [0.05, 0.1) is 6.42 Å². The SMILES string of the molecule is NCc1[nH]cc(CC(F)C(=O)O)c1CC(=O)O. The summed E-state index contributed by atoms with van der Waals surface area (Å²) in [6, 6.07) is 0. The number of nitrogens with one attached hydrogen (secondary N) is 1. The van der Waals surface area contributed by atoms with Gasteiger partial charge in [-0.2, -0.15) is 0 Å². The molecule has 0 radical (unpaired) electrons. The summed E-state index contributed by atoms with van der Waals surface area (Å²) in [5, 5.41) is 17.2. The van der Waals surface area contributed by atoms with Gasteiger partial charge in [-0.15, -0.1) is 0 Å². The van der Waals surface area contributed by atoms with Crippen molar-refractivity contribution in [2.24, 2.45) is 5.73 Å². The van der Waals surface area contributed by atoms with Gasteiger partial charge in [0.1, 0.15) is 0 Å². The smallest absolute Gasteiger partial charge is 0.338 e. The van der Waals surface area contributed by atoms with E-state index in [4.69, 9.17) is 15.9 Å². The fourth-order valence-electron chi connectivity index (χ4n) is 1.56. The van der Waals surface area contributed by atoms with Crippen molar-refractivity contribution in [2.75, 3.05) is 0 Å². The quantitative estimate of drug-likeness (QED) is 0.564. The van der Waals surface area contributed by atoms with Crippen LogP contribution in [0.3, 0.4) is 0 Å². The molecule has 0 spiro atoms. The third kappa shape index (κ3) is 3.28. The lowest BCUT2D eigenvalue weighted by Gasteiger charge is -2.05. The number of aromatic nitrogens is 1. The Morgan fingerprint density at radius 1 is 1.47 bits per heavy atom. The Morgan fingerprint density at radius 3 is 2.59 bits per heavy atom. The summed E-state index contributed by atoms with van der Waals surface area (Å²) in [5.41, 5.74) is 6.58. The second-order valence-corrected chi connectivity index (χ2v) is 3.56. The van der Waals surface area contributed by atoms with Crippen LogP contribution >= 0.6 is 0 Å². The second-order valence-electron chi connectivity index (χ2n) is 3.56. The van der Waals surface area contributed by atoms with E-state index >= 15 is 0 Å². The van der Waals surface area contributed by atoms with Crippen molar-refractivity contribution in [1.82, 2.24) is 4.98 Å². The van der Waals surface area contributed by atoms with E-state index in [9.17, 15) is 14.0 Å². The Morgan fingerprint density at radius 2 is 2.12 bits per heavy atom. The molecule has 0 aliphatic rings. The van der Waals surface area contributed by atoms with Crippen LogP contribution in [0.4, 0.5) is 4.39 Å². The first-order valence-electron chi connectivity index (χ1n) is 4.92. The van der Waals surface area contributed by atoms with E-state index in [1.165, 1.54) is 6.20 Å². The maximum Gasteiger partial charge on any atom is 0.338 e. The summed E-state index contributed by atoms with van der Waals surface area (Å²) in [6.45, 7) is 0.0899. The zero-order valence-electron chi connectivity index (χ0n) is 8.94. The molecule has 1 heterocycles. The molecule has 1 rings (SSSR count). The Hall–Kier alpha value is -1.89. The van der Waals surface area contributed by atoms with Crippen LogP contribution in [-0.4, -0.2) is 33.3 Å². The Kier molecular flexibility index (Phi) is 4.22. The number of aliphatic carboxylic acids is 2. The van der Waals surface area contributed by atoms with Crippen LogP contribution in [-0.2, 0) is 29.0 Å². The summed E-state index contributed by atoms with van der Waals surface area (Å²) in [6.07, 6.45) is -1.33. The normalized spacial score (nSPS) is 12.4. The lowest BCUT2D eigenvalue weighted by molar-refractivity contribution is -0.142. The number of alkyl halides is 1. The zero-order valence-corrected chi connectivity index (χ0v) is 8.94. The minimum atomic E-state index is -2.05. The van der Waals surface area contributed by atoms with Gasteiger partial charge in [-0.25, -0.2) is 9.18 Å². The molecule has 0 saturated heterocycles. The van der Waals surface area contributed by atoms with Gasteiger partial charge in [0.2, 0.25) is 6.17 Å². The largest absolute Gasteiger partial charge is 0.481 e. The summed E-state index contributed by atoms with van der Waals surface area (Å²) >= 11 is 0. The molecule has 0 amide bonds. The highest BCUT2D eigenvalue weighted by molar-refractivity contribution is 5.73. The van der Waals surface area contributed by atoms with Gasteiger partial charge in [-0.1, -0.05) is 0 Å². The monoisotopic (exact) mass is 244 g/mol. The van der Waals surface area contributed by atoms with Crippen molar-refractivity contribution < 1.29 is 24.2 Å². The Bertz CT molecular complexity index is 430. The number of hydrogen-bond donors (Lipinski definition) is 4. The molecule has 0 aliphatic carbocycles. The minimum Gasteiger partial charge on any atom is -0.481 e. The van der Waals surface area contributed by atoms with Crippen molar-refractivity contribution in [3.63, 3.8) is 0 Å². The number of rotatable bonds is 6. The summed E-state index contributed by atoms with van der Waals surface area (Å²) in [4.78, 5) is 23.8. The molecule has 1 aromatic heterocycles. The predicted molar refractivity (Wildman–Crippen MR) is 56.3 cm³/mol. The van der Waals surface area contributed by atoms with E-state index < -0.39 is 18.1 Å². The molecule has 1 aromatic rings. The van der Waals surface area contributed by atoms with Gasteiger partial charge in [0.15, 0.2) is 0 Å². The Balaban J connectivity index is 2.94. The maximum atomic E-state index is 13.0. The number of aromatic amines is 1. The maximum absolute atomic E-state index is 13.0. The van der Waals surface area contributed by atoms with Crippen molar-refractivity contribution in [3.05, 3.63) is 23.0 Å². The highest BCUT2D eigenvalue weighted by Gasteiger charge is 2.21. The van der Waals surface area contributed by atoms with Crippen LogP contribution in [0.2, 0.25) is 0 Å². The Labute approximate surface area is 96.2 Å². The van der Waals surface area contributed by atoms with E-state index in [1.807, 2.05) is 0 Å². The van der Waals surface area contributed by atoms with E-state index in [-0.39, 0.29) is 19.4 Å². The number of halogens is 1. The summed E-state index contributed by atoms with van der Waals surface area (Å²) in [5.74, 6) is -2.65. The van der Waals surface area contributed by atoms with Gasteiger partial charge < -0.3 is 20.9 Å². The molecule has 0 bridgehead atoms. The third-order valence-corrected chi connectivity index (χ3v) is 2.37. The van der Waals surface area contributed by atoms with Crippen LogP contribution in [0.5, 0.6) is 0 Å². The van der Waals surface area contributed by atoms with E-state index in [2.05, 4.69) is 4.98 Å². The molecule has 0 aliphatic heterocycles. The highest BCUT2D eigenvalue weighted by Crippen LogP contribution is 2.18. The zero-order chi connectivity index (χ0) is 13.0. The number of carbonyl (C=O) groups is 2. The number of carboxylic acid groups (broad SMARTS) is 2. The standard InChI is InChI=1S/C10H13FN2O4/c11-7(10(16)17)1-5-4-13-8(3-12)6(5)2-9(14)15/h4,7,13H,1-3,12H2,(H,14,15)(H,16,17). The van der Waals surface area contributed by atoms with Gasteiger partial charge >= 0.3 is 11.9 Å². The number of carboxylic acids is 2. The molecular formula is C10H13FN2O4. The minimum absolute atomic E-state index is 0.0899.